The molecule has 0 radical (unpaired) electrons. The summed E-state index contributed by atoms with van der Waals surface area (Å²) in [6, 6.07) is 5.95. The van der Waals surface area contributed by atoms with E-state index in [1.165, 1.54) is 0 Å². The summed E-state index contributed by atoms with van der Waals surface area (Å²) < 4.78 is 59.6. The Kier molecular flexibility index (Phi) is 8.02. The van der Waals surface area contributed by atoms with Gasteiger partial charge in [-0.25, -0.2) is 17.2 Å². The summed E-state index contributed by atoms with van der Waals surface area (Å²) in [5.74, 6) is -1.55. The Bertz CT molecular complexity index is 1000. The molecule has 176 valence electrons. The number of hydrogen-bond acceptors (Lipinski definition) is 5. The molecule has 2 heterocycles. The molecule has 1 fully saturated rings. The molecule has 1 aliphatic heterocycles. The molecule has 1 amide bonds. The highest BCUT2D eigenvalue weighted by Gasteiger charge is 2.34. The second kappa shape index (κ2) is 10.5. The van der Waals surface area contributed by atoms with Crippen LogP contribution in [-0.2, 0) is 14.8 Å². The Hall–Kier alpha value is -2.30. The standard InChI is InChI=1S/C22H29F2N3O4S/c1-3-26(4-2)19(20-6-5-13-31-20)15-25-22(28)16-9-11-27(12-10-16)32(29,30)21-14-17(23)7-8-18(21)24/h5-8,13-14,16,19H,3-4,9-12,15H2,1-2H3,(H,25,28). The first-order valence-corrected chi connectivity index (χ1v) is 12.2. The van der Waals surface area contributed by atoms with Crippen molar-refractivity contribution in [2.24, 2.45) is 5.92 Å². The summed E-state index contributed by atoms with van der Waals surface area (Å²) in [6.45, 7) is 6.18. The molecule has 1 saturated heterocycles. The van der Waals surface area contributed by atoms with E-state index in [9.17, 15) is 22.0 Å². The molecule has 2 aromatic rings. The van der Waals surface area contributed by atoms with Gasteiger partial charge >= 0.3 is 0 Å². The first kappa shape index (κ1) is 24.3. The highest BCUT2D eigenvalue weighted by atomic mass is 32.2. The molecule has 7 nitrogen and oxygen atoms in total. The van der Waals surface area contributed by atoms with Crippen molar-refractivity contribution < 1.29 is 26.4 Å². The molecule has 1 atom stereocenters. The Balaban J connectivity index is 1.60. The Labute approximate surface area is 187 Å². The maximum Gasteiger partial charge on any atom is 0.246 e. The summed E-state index contributed by atoms with van der Waals surface area (Å²) in [5.41, 5.74) is 0. The van der Waals surface area contributed by atoms with Crippen molar-refractivity contribution in [3.8, 4) is 0 Å². The normalized spacial score (nSPS) is 16.9. The molecule has 0 aliphatic carbocycles. The van der Waals surface area contributed by atoms with Gasteiger partial charge in [-0.05, 0) is 56.3 Å². The molecule has 0 bridgehead atoms. The number of sulfonamides is 1. The van der Waals surface area contributed by atoms with Gasteiger partial charge in [0.1, 0.15) is 22.3 Å². The quantitative estimate of drug-likeness (QED) is 0.610. The van der Waals surface area contributed by atoms with Crippen molar-refractivity contribution in [1.82, 2.24) is 14.5 Å². The van der Waals surface area contributed by atoms with E-state index in [1.807, 2.05) is 26.0 Å². The number of carbonyl (C=O) groups excluding carboxylic acids is 1. The van der Waals surface area contributed by atoms with E-state index in [2.05, 4.69) is 10.2 Å². The smallest absolute Gasteiger partial charge is 0.246 e. The third kappa shape index (κ3) is 5.36. The van der Waals surface area contributed by atoms with Crippen LogP contribution in [0.5, 0.6) is 0 Å². The molecule has 0 saturated carbocycles. The zero-order valence-corrected chi connectivity index (χ0v) is 19.1. The van der Waals surface area contributed by atoms with E-state index >= 15 is 0 Å². The summed E-state index contributed by atoms with van der Waals surface area (Å²) in [6.07, 6.45) is 2.21. The van der Waals surface area contributed by atoms with Gasteiger partial charge in [0.25, 0.3) is 0 Å². The minimum Gasteiger partial charge on any atom is -0.468 e. The largest absolute Gasteiger partial charge is 0.468 e. The second-order valence-electron chi connectivity index (χ2n) is 7.75. The van der Waals surface area contributed by atoms with Crippen LogP contribution in [0.3, 0.4) is 0 Å². The monoisotopic (exact) mass is 469 g/mol. The molecule has 10 heteroatoms. The fourth-order valence-corrected chi connectivity index (χ4v) is 5.61. The Morgan fingerprint density at radius 3 is 2.50 bits per heavy atom. The first-order valence-electron chi connectivity index (χ1n) is 10.8. The van der Waals surface area contributed by atoms with E-state index in [4.69, 9.17) is 4.42 Å². The molecule has 1 aromatic carbocycles. The van der Waals surface area contributed by atoms with Crippen molar-refractivity contribution in [1.29, 1.82) is 0 Å². The summed E-state index contributed by atoms with van der Waals surface area (Å²) in [4.78, 5) is 14.3. The molecule has 0 spiro atoms. The fraction of sp³-hybridized carbons (Fsp3) is 0.500. The molecule has 32 heavy (non-hydrogen) atoms. The summed E-state index contributed by atoms with van der Waals surface area (Å²) in [7, 11) is -4.17. The van der Waals surface area contributed by atoms with Crippen LogP contribution >= 0.6 is 0 Å². The third-order valence-electron chi connectivity index (χ3n) is 5.93. The summed E-state index contributed by atoms with van der Waals surface area (Å²) >= 11 is 0. The lowest BCUT2D eigenvalue weighted by Gasteiger charge is -2.32. The van der Waals surface area contributed by atoms with Gasteiger partial charge in [0.05, 0.1) is 12.3 Å². The van der Waals surface area contributed by atoms with Crippen LogP contribution in [0.25, 0.3) is 0 Å². The van der Waals surface area contributed by atoms with Gasteiger partial charge in [0.2, 0.25) is 15.9 Å². The number of rotatable bonds is 9. The number of carbonyl (C=O) groups is 1. The number of piperidine rings is 1. The molecule has 1 unspecified atom stereocenters. The average Bonchev–Trinajstić information content (AvgIpc) is 3.32. The van der Waals surface area contributed by atoms with Crippen molar-refractivity contribution in [2.75, 3.05) is 32.7 Å². The lowest BCUT2D eigenvalue weighted by Crippen LogP contribution is -2.45. The van der Waals surface area contributed by atoms with Crippen LogP contribution in [0, 0.1) is 17.6 Å². The minimum atomic E-state index is -4.17. The van der Waals surface area contributed by atoms with Crippen LogP contribution in [0.1, 0.15) is 38.5 Å². The van der Waals surface area contributed by atoms with Gasteiger partial charge < -0.3 is 9.73 Å². The zero-order chi connectivity index (χ0) is 23.3. The minimum absolute atomic E-state index is 0.0635. The van der Waals surface area contributed by atoms with E-state index < -0.39 is 26.6 Å². The number of nitrogens with zero attached hydrogens (tertiary/aromatic N) is 2. The number of likely N-dealkylation sites (N-methyl/N-ethyl adjacent to an activating group) is 1. The number of hydrogen-bond donors (Lipinski definition) is 1. The first-order chi connectivity index (χ1) is 15.3. The van der Waals surface area contributed by atoms with Crippen LogP contribution in [-0.4, -0.2) is 56.3 Å². The molecule has 1 aliphatic rings. The number of furan rings is 1. The Morgan fingerprint density at radius 2 is 1.91 bits per heavy atom. The van der Waals surface area contributed by atoms with Gasteiger partial charge in [-0.15, -0.1) is 0 Å². The number of halogens is 2. The van der Waals surface area contributed by atoms with Crippen LogP contribution in [0.2, 0.25) is 0 Å². The maximum atomic E-state index is 14.0. The van der Waals surface area contributed by atoms with Crippen molar-refractivity contribution >= 4 is 15.9 Å². The zero-order valence-electron chi connectivity index (χ0n) is 18.3. The lowest BCUT2D eigenvalue weighted by molar-refractivity contribution is -0.126. The van der Waals surface area contributed by atoms with Crippen LogP contribution in [0.4, 0.5) is 8.78 Å². The summed E-state index contributed by atoms with van der Waals surface area (Å²) in [5, 5.41) is 2.97. The van der Waals surface area contributed by atoms with Gasteiger partial charge in [-0.2, -0.15) is 4.31 Å². The SMILES string of the molecule is CCN(CC)C(CNC(=O)C1CCN(S(=O)(=O)c2cc(F)ccc2F)CC1)c1ccco1. The van der Waals surface area contributed by atoms with Crippen molar-refractivity contribution in [3.63, 3.8) is 0 Å². The van der Waals surface area contributed by atoms with Crippen LogP contribution < -0.4 is 5.32 Å². The predicted octanol–water partition coefficient (Wildman–Crippen LogP) is 3.16. The highest BCUT2D eigenvalue weighted by molar-refractivity contribution is 7.89. The Morgan fingerprint density at radius 1 is 1.22 bits per heavy atom. The predicted molar refractivity (Wildman–Crippen MR) is 115 cm³/mol. The van der Waals surface area contributed by atoms with E-state index in [1.54, 1.807) is 6.26 Å². The highest BCUT2D eigenvalue weighted by Crippen LogP contribution is 2.26. The molecular weight excluding hydrogens is 440 g/mol. The number of benzene rings is 1. The topological polar surface area (TPSA) is 82.9 Å². The second-order valence-corrected chi connectivity index (χ2v) is 9.66. The van der Waals surface area contributed by atoms with Gasteiger partial charge in [0.15, 0.2) is 0 Å². The van der Waals surface area contributed by atoms with Crippen LogP contribution in [0.15, 0.2) is 45.9 Å². The molecule has 1 aromatic heterocycles. The van der Waals surface area contributed by atoms with Gasteiger partial charge in [0, 0.05) is 25.6 Å². The van der Waals surface area contributed by atoms with E-state index in [-0.39, 0.29) is 31.0 Å². The molecule has 3 rings (SSSR count). The van der Waals surface area contributed by atoms with Crippen molar-refractivity contribution in [3.05, 3.63) is 54.0 Å². The average molecular weight is 470 g/mol. The maximum absolute atomic E-state index is 14.0. The third-order valence-corrected chi connectivity index (χ3v) is 7.84. The lowest BCUT2D eigenvalue weighted by atomic mass is 9.97. The van der Waals surface area contributed by atoms with Gasteiger partial charge in [-0.3, -0.25) is 9.69 Å². The number of nitrogens with one attached hydrogen (secondary N) is 1. The van der Waals surface area contributed by atoms with Crippen molar-refractivity contribution in [2.45, 2.75) is 37.6 Å². The number of amides is 1. The van der Waals surface area contributed by atoms with E-state index in [0.29, 0.717) is 25.5 Å². The molecular formula is C22H29F2N3O4S. The molecule has 1 N–H and O–H groups in total. The van der Waals surface area contributed by atoms with Gasteiger partial charge in [-0.1, -0.05) is 13.8 Å². The fourth-order valence-electron chi connectivity index (χ4n) is 4.07. The van der Waals surface area contributed by atoms with E-state index in [0.717, 1.165) is 35.3 Å².